The van der Waals surface area contributed by atoms with Gasteiger partial charge >= 0.3 is 0 Å². The number of unbranched alkanes of at least 4 members (excludes halogenated alkanes) is 2. The first-order valence-electron chi connectivity index (χ1n) is 10.3. The minimum atomic E-state index is -0.579. The molecule has 0 saturated carbocycles. The second-order valence-electron chi connectivity index (χ2n) is 7.69. The number of anilines is 1. The Morgan fingerprint density at radius 3 is 2.69 bits per heavy atom. The fourth-order valence-electron chi connectivity index (χ4n) is 3.44. The van der Waals surface area contributed by atoms with Crippen molar-refractivity contribution in [3.63, 3.8) is 0 Å². The van der Waals surface area contributed by atoms with E-state index in [-0.39, 0.29) is 12.5 Å². The first-order valence-corrected chi connectivity index (χ1v) is 10.3. The lowest BCUT2D eigenvalue weighted by Gasteiger charge is -2.32. The van der Waals surface area contributed by atoms with Gasteiger partial charge in [-0.2, -0.15) is 0 Å². The van der Waals surface area contributed by atoms with Crippen LogP contribution < -0.4 is 10.9 Å². The Balaban J connectivity index is 2.04. The molecule has 3 N–H and O–H groups in total. The van der Waals surface area contributed by atoms with Crippen LogP contribution in [-0.2, 0) is 16.1 Å². The molecule has 0 aromatic carbocycles. The van der Waals surface area contributed by atoms with Crippen LogP contribution in [0.25, 0.3) is 0 Å². The molecule has 0 spiro atoms. The third kappa shape index (κ3) is 7.36. The van der Waals surface area contributed by atoms with Crippen LogP contribution in [0.1, 0.15) is 38.3 Å². The van der Waals surface area contributed by atoms with Gasteiger partial charge in [-0.05, 0) is 25.6 Å². The van der Waals surface area contributed by atoms with Gasteiger partial charge in [-0.1, -0.05) is 32.3 Å². The molecule has 0 aliphatic carbocycles. The maximum Gasteiger partial charge on any atom is 0.247 e. The zero-order valence-electron chi connectivity index (χ0n) is 17.5. The van der Waals surface area contributed by atoms with E-state index in [1.807, 2.05) is 12.1 Å². The first kappa shape index (κ1) is 23.2. The van der Waals surface area contributed by atoms with Crippen LogP contribution in [0.15, 0.2) is 18.2 Å². The number of pyridine rings is 1. The molecule has 2 rings (SSSR count). The Hall–Kier alpha value is -2.07. The Morgan fingerprint density at radius 1 is 1.31 bits per heavy atom. The third-order valence-corrected chi connectivity index (χ3v) is 5.29. The van der Waals surface area contributed by atoms with Gasteiger partial charge in [0.05, 0.1) is 18.2 Å². The predicted octanol–water partition coefficient (Wildman–Crippen LogP) is 1.08. The molecule has 162 valence electrons. The molecule has 0 radical (unpaired) electrons. The third-order valence-electron chi connectivity index (χ3n) is 5.29. The van der Waals surface area contributed by atoms with Crippen molar-refractivity contribution in [2.24, 2.45) is 11.8 Å². The van der Waals surface area contributed by atoms with E-state index in [1.165, 1.54) is 0 Å². The molecule has 2 heterocycles. The predicted molar refractivity (Wildman–Crippen MR) is 111 cm³/mol. The number of carbonyl (C=O) groups excluding carboxylic acids is 2. The molecular formula is C20H34N6O3. The van der Waals surface area contributed by atoms with Gasteiger partial charge in [-0.25, -0.2) is 20.9 Å². The quantitative estimate of drug-likeness (QED) is 0.141. The van der Waals surface area contributed by atoms with Crippen molar-refractivity contribution in [2.45, 2.75) is 39.2 Å². The number of aromatic nitrogens is 1. The van der Waals surface area contributed by atoms with Crippen molar-refractivity contribution in [3.8, 4) is 0 Å². The van der Waals surface area contributed by atoms with Gasteiger partial charge in [0.25, 0.3) is 0 Å². The second-order valence-corrected chi connectivity index (χ2v) is 7.69. The molecule has 1 saturated heterocycles. The van der Waals surface area contributed by atoms with Crippen LogP contribution in [-0.4, -0.2) is 77.1 Å². The molecule has 1 atom stereocenters. The summed E-state index contributed by atoms with van der Waals surface area (Å²) < 4.78 is 0. The van der Waals surface area contributed by atoms with Crippen molar-refractivity contribution in [3.05, 3.63) is 23.9 Å². The lowest BCUT2D eigenvalue weighted by molar-refractivity contribution is -0.154. The summed E-state index contributed by atoms with van der Waals surface area (Å²) in [5.41, 5.74) is 0.856. The Labute approximate surface area is 173 Å². The number of nitrogens with zero attached hydrogens (tertiary/aromatic N) is 5. The first-order chi connectivity index (χ1) is 13.9. The summed E-state index contributed by atoms with van der Waals surface area (Å²) in [6, 6.07) is 5.47. The van der Waals surface area contributed by atoms with Crippen LogP contribution in [0.2, 0.25) is 0 Å². The zero-order valence-corrected chi connectivity index (χ0v) is 17.5. The largest absolute Gasteiger partial charge is 0.304 e. The topological polar surface area (TPSA) is 106 Å². The van der Waals surface area contributed by atoms with E-state index >= 15 is 0 Å². The number of hydrogen-bond donors (Lipinski definition) is 2. The zero-order chi connectivity index (χ0) is 21.2. The highest BCUT2D eigenvalue weighted by atomic mass is 16.5. The van der Waals surface area contributed by atoms with Gasteiger partial charge in [0.15, 0.2) is 0 Å². The summed E-state index contributed by atoms with van der Waals surface area (Å²) in [5, 5.41) is 11.1. The summed E-state index contributed by atoms with van der Waals surface area (Å²) in [4.78, 5) is 32.9. The molecule has 0 unspecified atom stereocenters. The fourth-order valence-corrected chi connectivity index (χ4v) is 3.44. The van der Waals surface area contributed by atoms with Gasteiger partial charge in [0.2, 0.25) is 12.3 Å². The molecule has 1 aromatic rings. The Bertz CT molecular complexity index is 651. The molecule has 1 aliphatic heterocycles. The summed E-state index contributed by atoms with van der Waals surface area (Å²) in [6.45, 7) is 6.70. The Morgan fingerprint density at radius 2 is 2.03 bits per heavy atom. The lowest BCUT2D eigenvalue weighted by Crippen LogP contribution is -2.46. The van der Waals surface area contributed by atoms with Crippen LogP contribution in [0, 0.1) is 5.92 Å². The highest BCUT2D eigenvalue weighted by Gasteiger charge is 2.26. The minimum absolute atomic E-state index is 0.0826. The summed E-state index contributed by atoms with van der Waals surface area (Å²) >= 11 is 0. The van der Waals surface area contributed by atoms with E-state index in [0.717, 1.165) is 56.1 Å². The molecular weight excluding hydrogens is 372 g/mol. The van der Waals surface area contributed by atoms with E-state index in [4.69, 9.17) is 5.84 Å². The number of hydrazine groups is 1. The molecule has 0 bridgehead atoms. The fraction of sp³-hybridized carbons (Fsp3) is 0.650. The highest BCUT2D eigenvalue weighted by Crippen LogP contribution is 2.18. The number of hydrogen-bond acceptors (Lipinski definition) is 7. The summed E-state index contributed by atoms with van der Waals surface area (Å²) in [7, 11) is 2.11. The van der Waals surface area contributed by atoms with E-state index in [2.05, 4.69) is 28.8 Å². The van der Waals surface area contributed by atoms with Crippen molar-refractivity contribution in [1.29, 1.82) is 0 Å². The Kier molecular flexibility index (Phi) is 9.46. The maximum atomic E-state index is 12.9. The van der Waals surface area contributed by atoms with Gasteiger partial charge in [-0.15, -0.1) is 0 Å². The van der Waals surface area contributed by atoms with Crippen LogP contribution in [0.4, 0.5) is 5.82 Å². The van der Waals surface area contributed by atoms with E-state index in [0.29, 0.717) is 30.3 Å². The van der Waals surface area contributed by atoms with Gasteiger partial charge in [0.1, 0.15) is 5.82 Å². The summed E-state index contributed by atoms with van der Waals surface area (Å²) in [5.74, 6) is 5.53. The molecule has 2 amide bonds. The van der Waals surface area contributed by atoms with E-state index < -0.39 is 5.92 Å². The SMILES string of the molecule is CCCCC[C@H](CN(O)C=O)C(=O)N(N)c1cccc(CN2CCN(C)CC2)n1. The van der Waals surface area contributed by atoms with Crippen LogP contribution in [0.3, 0.4) is 0 Å². The molecule has 1 aromatic heterocycles. The summed E-state index contributed by atoms with van der Waals surface area (Å²) in [6.07, 6.45) is 3.66. The molecule has 9 nitrogen and oxygen atoms in total. The number of amides is 2. The van der Waals surface area contributed by atoms with Crippen molar-refractivity contribution in [2.75, 3.05) is 44.8 Å². The van der Waals surface area contributed by atoms with Crippen molar-refractivity contribution in [1.82, 2.24) is 19.8 Å². The number of carbonyl (C=O) groups is 2. The molecule has 29 heavy (non-hydrogen) atoms. The minimum Gasteiger partial charge on any atom is -0.304 e. The smallest absolute Gasteiger partial charge is 0.247 e. The number of piperazine rings is 1. The van der Waals surface area contributed by atoms with E-state index in [9.17, 15) is 14.8 Å². The van der Waals surface area contributed by atoms with Gasteiger partial charge in [-0.3, -0.25) is 19.7 Å². The van der Waals surface area contributed by atoms with Crippen LogP contribution in [0.5, 0.6) is 0 Å². The number of hydroxylamine groups is 2. The van der Waals surface area contributed by atoms with Gasteiger partial charge < -0.3 is 4.90 Å². The average molecular weight is 407 g/mol. The van der Waals surface area contributed by atoms with Crippen LogP contribution >= 0.6 is 0 Å². The van der Waals surface area contributed by atoms with Gasteiger partial charge in [0, 0.05) is 32.7 Å². The highest BCUT2D eigenvalue weighted by molar-refractivity contribution is 5.93. The normalized spacial score (nSPS) is 16.4. The average Bonchev–Trinajstić information content (AvgIpc) is 2.73. The van der Waals surface area contributed by atoms with Crippen molar-refractivity contribution < 1.29 is 14.8 Å². The molecule has 1 aliphatic rings. The lowest BCUT2D eigenvalue weighted by atomic mass is 10.00. The van der Waals surface area contributed by atoms with E-state index in [1.54, 1.807) is 6.07 Å². The number of likely N-dealkylation sites (N-methyl/N-ethyl adjacent to an activating group) is 1. The number of nitrogens with two attached hydrogens (primary N) is 1. The molecule has 9 heteroatoms. The monoisotopic (exact) mass is 406 g/mol. The maximum absolute atomic E-state index is 12.9. The number of rotatable bonds is 11. The molecule has 1 fully saturated rings. The standard InChI is InChI=1S/C20H34N6O3/c1-3-4-5-7-17(14-25(29)16-27)20(28)26(21)19-9-6-8-18(22-19)15-24-12-10-23(2)11-13-24/h6,8-9,16-17,29H,3-5,7,10-15,21H2,1-2H3/t17-/m1/s1. The van der Waals surface area contributed by atoms with Crippen molar-refractivity contribution >= 4 is 18.1 Å². The second kappa shape index (κ2) is 11.8.